The van der Waals surface area contributed by atoms with Gasteiger partial charge >= 0.3 is 0 Å². The average molecular weight is 223 g/mol. The van der Waals surface area contributed by atoms with Crippen molar-refractivity contribution in [3.05, 3.63) is 11.7 Å². The van der Waals surface area contributed by atoms with Crippen molar-refractivity contribution in [1.29, 1.82) is 0 Å². The minimum atomic E-state index is 0.338. The highest BCUT2D eigenvalue weighted by molar-refractivity contribution is 5.03. The Morgan fingerprint density at radius 3 is 2.88 bits per heavy atom. The molecule has 2 aliphatic carbocycles. The fraction of sp³-hybridized carbons (Fsp3) is 0.818. The first-order chi connectivity index (χ1) is 7.85. The van der Waals surface area contributed by atoms with Gasteiger partial charge < -0.3 is 15.0 Å². The van der Waals surface area contributed by atoms with Crippen LogP contribution >= 0.6 is 0 Å². The van der Waals surface area contributed by atoms with Gasteiger partial charge in [-0.15, -0.1) is 0 Å². The van der Waals surface area contributed by atoms with Crippen LogP contribution in [-0.4, -0.2) is 22.8 Å². The minimum Gasteiger partial charge on any atom is -0.368 e. The van der Waals surface area contributed by atoms with Gasteiger partial charge in [-0.2, -0.15) is 4.98 Å². The molecule has 0 saturated heterocycles. The second kappa shape index (κ2) is 4.14. The monoisotopic (exact) mass is 223 g/mol. The standard InChI is InChI=1S/C11H17N3O2/c12-5-7-3-9(4-7)15-6-10-13-11(14-16-10)8-1-2-8/h7-9H,1-6,12H2. The van der Waals surface area contributed by atoms with Gasteiger partial charge in [-0.05, 0) is 38.1 Å². The zero-order chi connectivity index (χ0) is 11.0. The predicted octanol–water partition coefficient (Wildman–Crippen LogP) is 1.20. The normalized spacial score (nSPS) is 29.1. The van der Waals surface area contributed by atoms with Crippen LogP contribution in [0.1, 0.15) is 43.3 Å². The van der Waals surface area contributed by atoms with Crippen LogP contribution < -0.4 is 5.73 Å². The zero-order valence-electron chi connectivity index (χ0n) is 9.26. The molecule has 5 nitrogen and oxygen atoms in total. The highest BCUT2D eigenvalue weighted by atomic mass is 16.5. The van der Waals surface area contributed by atoms with Gasteiger partial charge in [-0.1, -0.05) is 5.16 Å². The quantitative estimate of drug-likeness (QED) is 0.811. The Hall–Kier alpha value is -0.940. The van der Waals surface area contributed by atoms with Crippen LogP contribution in [0.3, 0.4) is 0 Å². The molecule has 3 rings (SSSR count). The van der Waals surface area contributed by atoms with E-state index in [9.17, 15) is 0 Å². The van der Waals surface area contributed by atoms with Crippen LogP contribution in [0, 0.1) is 5.92 Å². The lowest BCUT2D eigenvalue weighted by Crippen LogP contribution is -2.35. The Kier molecular flexibility index (Phi) is 2.65. The van der Waals surface area contributed by atoms with Gasteiger partial charge in [-0.25, -0.2) is 0 Å². The summed E-state index contributed by atoms with van der Waals surface area (Å²) in [6.45, 7) is 1.22. The van der Waals surface area contributed by atoms with E-state index in [2.05, 4.69) is 10.1 Å². The van der Waals surface area contributed by atoms with Crippen LogP contribution in [0.5, 0.6) is 0 Å². The maximum Gasteiger partial charge on any atom is 0.252 e. The number of hydrogen-bond acceptors (Lipinski definition) is 5. The summed E-state index contributed by atoms with van der Waals surface area (Å²) >= 11 is 0. The number of nitrogens with two attached hydrogens (primary N) is 1. The zero-order valence-corrected chi connectivity index (χ0v) is 9.26. The first-order valence-corrected chi connectivity index (χ1v) is 5.99. The first kappa shape index (κ1) is 10.2. The van der Waals surface area contributed by atoms with Gasteiger partial charge in [0.05, 0.1) is 6.10 Å². The number of hydrogen-bond donors (Lipinski definition) is 1. The molecule has 0 amide bonds. The second-order valence-electron chi connectivity index (χ2n) is 4.83. The lowest BCUT2D eigenvalue weighted by atomic mass is 9.82. The van der Waals surface area contributed by atoms with Crippen LogP contribution in [0.4, 0.5) is 0 Å². The van der Waals surface area contributed by atoms with Gasteiger partial charge in [0.25, 0.3) is 5.89 Å². The Bertz CT molecular complexity index is 356. The highest BCUT2D eigenvalue weighted by Gasteiger charge is 2.30. The molecule has 5 heteroatoms. The molecule has 2 fully saturated rings. The van der Waals surface area contributed by atoms with Crippen LogP contribution in [-0.2, 0) is 11.3 Å². The maximum absolute atomic E-state index is 5.66. The lowest BCUT2D eigenvalue weighted by molar-refractivity contribution is -0.0459. The Morgan fingerprint density at radius 1 is 1.38 bits per heavy atom. The summed E-state index contributed by atoms with van der Waals surface area (Å²) in [6, 6.07) is 0. The highest BCUT2D eigenvalue weighted by Crippen LogP contribution is 2.38. The third-order valence-corrected chi connectivity index (χ3v) is 3.39. The Morgan fingerprint density at radius 2 is 2.19 bits per heavy atom. The third kappa shape index (κ3) is 2.10. The fourth-order valence-electron chi connectivity index (χ4n) is 2.03. The average Bonchev–Trinajstić information content (AvgIpc) is 2.97. The van der Waals surface area contributed by atoms with Gasteiger partial charge in [0, 0.05) is 5.92 Å². The number of aromatic nitrogens is 2. The first-order valence-electron chi connectivity index (χ1n) is 5.99. The predicted molar refractivity (Wildman–Crippen MR) is 56.6 cm³/mol. The van der Waals surface area contributed by atoms with Crippen molar-refractivity contribution in [1.82, 2.24) is 10.1 Å². The number of ether oxygens (including phenoxy) is 1. The summed E-state index contributed by atoms with van der Waals surface area (Å²) < 4.78 is 10.8. The van der Waals surface area contributed by atoms with Crippen molar-refractivity contribution in [2.75, 3.05) is 6.54 Å². The van der Waals surface area contributed by atoms with Crippen molar-refractivity contribution < 1.29 is 9.26 Å². The van der Waals surface area contributed by atoms with Crippen molar-refractivity contribution in [3.8, 4) is 0 Å². The molecule has 0 aromatic carbocycles. The fourth-order valence-corrected chi connectivity index (χ4v) is 2.03. The summed E-state index contributed by atoms with van der Waals surface area (Å²) in [4.78, 5) is 4.31. The molecule has 0 aliphatic heterocycles. The van der Waals surface area contributed by atoms with Gasteiger partial charge in [0.1, 0.15) is 6.61 Å². The van der Waals surface area contributed by atoms with Crippen molar-refractivity contribution in [2.45, 2.75) is 44.3 Å². The van der Waals surface area contributed by atoms with E-state index in [0.29, 0.717) is 30.4 Å². The largest absolute Gasteiger partial charge is 0.368 e. The summed E-state index contributed by atoms with van der Waals surface area (Å²) in [5.41, 5.74) is 5.55. The third-order valence-electron chi connectivity index (χ3n) is 3.39. The van der Waals surface area contributed by atoms with E-state index in [1.165, 1.54) is 12.8 Å². The molecule has 0 bridgehead atoms. The van der Waals surface area contributed by atoms with Crippen molar-refractivity contribution >= 4 is 0 Å². The maximum atomic E-state index is 5.66. The molecule has 0 radical (unpaired) electrons. The molecule has 2 saturated carbocycles. The Balaban J connectivity index is 1.44. The molecule has 1 heterocycles. The van der Waals surface area contributed by atoms with Gasteiger partial charge in [-0.3, -0.25) is 0 Å². The topological polar surface area (TPSA) is 74.2 Å². The SMILES string of the molecule is NCC1CC(OCc2nc(C3CC3)no2)C1. The van der Waals surface area contributed by atoms with Crippen LogP contribution in [0.15, 0.2) is 4.52 Å². The smallest absolute Gasteiger partial charge is 0.252 e. The molecule has 2 aliphatic rings. The number of rotatable bonds is 5. The van der Waals surface area contributed by atoms with E-state index in [-0.39, 0.29) is 0 Å². The van der Waals surface area contributed by atoms with E-state index in [1.807, 2.05) is 0 Å². The van der Waals surface area contributed by atoms with Crippen LogP contribution in [0.2, 0.25) is 0 Å². The van der Waals surface area contributed by atoms with E-state index >= 15 is 0 Å². The molecule has 16 heavy (non-hydrogen) atoms. The second-order valence-corrected chi connectivity index (χ2v) is 4.83. The Labute approximate surface area is 94.3 Å². The molecular weight excluding hydrogens is 206 g/mol. The summed E-state index contributed by atoms with van der Waals surface area (Å²) in [5, 5.41) is 3.94. The molecule has 2 N–H and O–H groups in total. The molecule has 88 valence electrons. The molecule has 0 spiro atoms. The molecular formula is C11H17N3O2. The summed E-state index contributed by atoms with van der Waals surface area (Å²) in [6.07, 6.45) is 4.87. The molecule has 1 aromatic heterocycles. The summed E-state index contributed by atoms with van der Waals surface area (Å²) in [7, 11) is 0. The van der Waals surface area contributed by atoms with E-state index < -0.39 is 0 Å². The van der Waals surface area contributed by atoms with E-state index in [1.54, 1.807) is 0 Å². The van der Waals surface area contributed by atoms with E-state index in [0.717, 1.165) is 25.2 Å². The molecule has 0 unspecified atom stereocenters. The lowest BCUT2D eigenvalue weighted by Gasteiger charge is -2.33. The number of nitrogens with zero attached hydrogens (tertiary/aromatic N) is 2. The van der Waals surface area contributed by atoms with Crippen molar-refractivity contribution in [2.24, 2.45) is 11.7 Å². The molecule has 1 aromatic rings. The minimum absolute atomic E-state index is 0.338. The van der Waals surface area contributed by atoms with Gasteiger partial charge in [0.15, 0.2) is 5.82 Å². The van der Waals surface area contributed by atoms with Crippen LogP contribution in [0.25, 0.3) is 0 Å². The van der Waals surface area contributed by atoms with E-state index in [4.69, 9.17) is 15.0 Å². The summed E-state index contributed by atoms with van der Waals surface area (Å²) in [5.74, 6) is 2.66. The van der Waals surface area contributed by atoms with Crippen molar-refractivity contribution in [3.63, 3.8) is 0 Å². The molecule has 0 atom stereocenters. The van der Waals surface area contributed by atoms with Gasteiger partial charge in [0.2, 0.25) is 0 Å².